The predicted molar refractivity (Wildman–Crippen MR) is 115 cm³/mol. The number of aromatic nitrogens is 2. The van der Waals surface area contributed by atoms with Gasteiger partial charge >= 0.3 is 0 Å². The van der Waals surface area contributed by atoms with Crippen molar-refractivity contribution in [1.82, 2.24) is 14.9 Å². The first-order valence-corrected chi connectivity index (χ1v) is 10.2. The fourth-order valence-electron chi connectivity index (χ4n) is 3.50. The van der Waals surface area contributed by atoms with Crippen molar-refractivity contribution in [2.75, 3.05) is 25.6 Å². The zero-order valence-corrected chi connectivity index (χ0v) is 17.1. The topological polar surface area (TPSA) is 85.2 Å². The van der Waals surface area contributed by atoms with E-state index in [4.69, 9.17) is 4.74 Å². The van der Waals surface area contributed by atoms with Crippen LogP contribution in [0.25, 0.3) is 11.0 Å². The first kappa shape index (κ1) is 20.1. The minimum Gasteiger partial charge on any atom is -0.375 e. The third-order valence-electron chi connectivity index (χ3n) is 5.25. The number of carbonyl (C=O) groups is 2. The number of methoxy groups -OCH3 is 1. The molecule has 2 N–H and O–H groups in total. The van der Waals surface area contributed by atoms with E-state index in [0.717, 1.165) is 24.8 Å². The number of rotatable bonds is 9. The van der Waals surface area contributed by atoms with E-state index in [0.29, 0.717) is 35.8 Å². The van der Waals surface area contributed by atoms with Crippen LogP contribution in [0.2, 0.25) is 0 Å². The molecule has 1 saturated carbocycles. The van der Waals surface area contributed by atoms with Gasteiger partial charge in [0.05, 0.1) is 22.9 Å². The zero-order valence-electron chi connectivity index (χ0n) is 17.1. The van der Waals surface area contributed by atoms with Crippen molar-refractivity contribution >= 4 is 28.5 Å². The molecule has 2 amide bonds. The molecule has 3 aromatic rings. The molecule has 1 aromatic heterocycles. The molecule has 30 heavy (non-hydrogen) atoms. The Hall–Kier alpha value is -3.19. The van der Waals surface area contributed by atoms with E-state index in [1.165, 1.54) is 12.7 Å². The highest BCUT2D eigenvalue weighted by Crippen LogP contribution is 2.28. The number of hydrogen-bond acceptors (Lipinski definition) is 4. The Kier molecular flexibility index (Phi) is 6.09. The van der Waals surface area contributed by atoms with Crippen molar-refractivity contribution in [1.29, 1.82) is 0 Å². The fraction of sp³-hybridized carbons (Fsp3) is 0.348. The number of nitrogens with zero attached hydrogens (tertiary/aromatic N) is 2. The Morgan fingerprint density at radius 2 is 2.00 bits per heavy atom. The second-order valence-electron chi connectivity index (χ2n) is 7.70. The van der Waals surface area contributed by atoms with Gasteiger partial charge in [0.1, 0.15) is 6.61 Å². The van der Waals surface area contributed by atoms with Gasteiger partial charge in [-0.1, -0.05) is 30.3 Å². The lowest BCUT2D eigenvalue weighted by Crippen LogP contribution is -2.26. The lowest BCUT2D eigenvalue weighted by molar-refractivity contribution is -0.119. The summed E-state index contributed by atoms with van der Waals surface area (Å²) in [6.45, 7) is 1.34. The van der Waals surface area contributed by atoms with Crippen molar-refractivity contribution in [3.63, 3.8) is 0 Å². The minimum absolute atomic E-state index is 0.0488. The highest BCUT2D eigenvalue weighted by Gasteiger charge is 2.23. The van der Waals surface area contributed by atoms with Gasteiger partial charge < -0.3 is 19.9 Å². The van der Waals surface area contributed by atoms with Gasteiger partial charge in [-0.15, -0.1) is 0 Å². The van der Waals surface area contributed by atoms with E-state index < -0.39 is 0 Å². The van der Waals surface area contributed by atoms with Crippen molar-refractivity contribution in [3.8, 4) is 0 Å². The van der Waals surface area contributed by atoms with E-state index in [9.17, 15) is 9.59 Å². The number of nitrogens with one attached hydrogen (secondary N) is 2. The van der Waals surface area contributed by atoms with Crippen LogP contribution < -0.4 is 10.6 Å². The van der Waals surface area contributed by atoms with Crippen LogP contribution in [-0.4, -0.2) is 41.6 Å². The quantitative estimate of drug-likeness (QED) is 0.572. The number of aryl methyl sites for hydroxylation is 2. The molecular formula is C23H26N4O3. The number of imidazole rings is 1. The molecule has 0 atom stereocenters. The summed E-state index contributed by atoms with van der Waals surface area (Å²) in [5, 5.41) is 5.81. The summed E-state index contributed by atoms with van der Waals surface area (Å²) in [4.78, 5) is 29.4. The van der Waals surface area contributed by atoms with Gasteiger partial charge in [-0.05, 0) is 42.9 Å². The maximum absolute atomic E-state index is 13.0. The fourth-order valence-corrected chi connectivity index (χ4v) is 3.50. The number of ether oxygens (including phenoxy) is 1. The van der Waals surface area contributed by atoms with Gasteiger partial charge in [0.2, 0.25) is 5.91 Å². The summed E-state index contributed by atoms with van der Waals surface area (Å²) in [6, 6.07) is 13.7. The van der Waals surface area contributed by atoms with E-state index >= 15 is 0 Å². The zero-order chi connectivity index (χ0) is 20.9. The Morgan fingerprint density at radius 1 is 1.20 bits per heavy atom. The lowest BCUT2D eigenvalue weighted by atomic mass is 10.1. The Morgan fingerprint density at radius 3 is 2.73 bits per heavy atom. The molecule has 1 fully saturated rings. The monoisotopic (exact) mass is 406 g/mol. The van der Waals surface area contributed by atoms with Gasteiger partial charge in [0.15, 0.2) is 0 Å². The number of benzene rings is 2. The van der Waals surface area contributed by atoms with E-state index in [1.54, 1.807) is 18.5 Å². The maximum atomic E-state index is 13.0. The summed E-state index contributed by atoms with van der Waals surface area (Å²) in [5.74, 6) is 0.165. The number of carbonyl (C=O) groups excluding carboxylic acids is 2. The van der Waals surface area contributed by atoms with Crippen LogP contribution in [0.4, 0.5) is 5.69 Å². The molecule has 0 saturated heterocycles. The van der Waals surface area contributed by atoms with Crippen LogP contribution >= 0.6 is 0 Å². The highest BCUT2D eigenvalue weighted by atomic mass is 16.5. The Labute approximate surface area is 175 Å². The standard InChI is InChI=1S/C23H26N4O3/c1-30-14-21(28)26-18-11-19(23(29)24-13-17-7-8-17)22-20(12-18)25-15-27(22)10-9-16-5-3-2-4-6-16/h2-6,11-12,15,17H,7-10,13-14H2,1H3,(H,24,29)(H,26,28). The van der Waals surface area contributed by atoms with Crippen LogP contribution in [0.1, 0.15) is 28.8 Å². The number of fused-ring (bicyclic) bond motifs is 1. The molecule has 1 aliphatic carbocycles. The highest BCUT2D eigenvalue weighted by molar-refractivity contribution is 6.07. The summed E-state index contributed by atoms with van der Waals surface area (Å²) in [6.07, 6.45) is 4.92. The smallest absolute Gasteiger partial charge is 0.253 e. The van der Waals surface area contributed by atoms with Crippen LogP contribution in [-0.2, 0) is 22.5 Å². The molecule has 0 spiro atoms. The van der Waals surface area contributed by atoms with Gasteiger partial charge in [-0.3, -0.25) is 9.59 Å². The maximum Gasteiger partial charge on any atom is 0.253 e. The van der Waals surface area contributed by atoms with Gasteiger partial charge in [-0.2, -0.15) is 0 Å². The molecule has 7 nitrogen and oxygen atoms in total. The molecule has 1 heterocycles. The number of anilines is 1. The SMILES string of the molecule is COCC(=O)Nc1cc(C(=O)NCC2CC2)c2c(c1)ncn2CCc1ccccc1. The third-order valence-corrected chi connectivity index (χ3v) is 5.25. The average Bonchev–Trinajstić information content (AvgIpc) is 3.49. The molecule has 4 rings (SSSR count). The molecule has 0 radical (unpaired) electrons. The Balaban J connectivity index is 1.63. The van der Waals surface area contributed by atoms with Crippen molar-refractivity contribution in [2.45, 2.75) is 25.8 Å². The number of amides is 2. The lowest BCUT2D eigenvalue weighted by Gasteiger charge is -2.12. The summed E-state index contributed by atoms with van der Waals surface area (Å²) in [5.41, 5.74) is 3.74. The molecule has 0 aliphatic heterocycles. The number of hydrogen-bond donors (Lipinski definition) is 2. The van der Waals surface area contributed by atoms with Crippen molar-refractivity contribution < 1.29 is 14.3 Å². The largest absolute Gasteiger partial charge is 0.375 e. The summed E-state index contributed by atoms with van der Waals surface area (Å²) in [7, 11) is 1.47. The second-order valence-corrected chi connectivity index (χ2v) is 7.70. The molecule has 7 heteroatoms. The van der Waals surface area contributed by atoms with Crippen molar-refractivity contribution in [3.05, 3.63) is 59.9 Å². The molecular weight excluding hydrogens is 380 g/mol. The average molecular weight is 406 g/mol. The molecule has 0 bridgehead atoms. The van der Waals surface area contributed by atoms with Crippen LogP contribution in [0.15, 0.2) is 48.8 Å². The van der Waals surface area contributed by atoms with Gasteiger partial charge in [-0.25, -0.2) is 4.98 Å². The molecule has 2 aromatic carbocycles. The summed E-state index contributed by atoms with van der Waals surface area (Å²) >= 11 is 0. The van der Waals surface area contributed by atoms with Crippen LogP contribution in [0, 0.1) is 5.92 Å². The molecule has 0 unspecified atom stereocenters. The third kappa shape index (κ3) is 4.86. The molecule has 1 aliphatic rings. The molecule has 156 valence electrons. The van der Waals surface area contributed by atoms with Gasteiger partial charge in [0, 0.05) is 25.9 Å². The first-order valence-electron chi connectivity index (χ1n) is 10.2. The van der Waals surface area contributed by atoms with E-state index in [1.807, 2.05) is 22.8 Å². The Bertz CT molecular complexity index is 1040. The van der Waals surface area contributed by atoms with Gasteiger partial charge in [0.25, 0.3) is 5.91 Å². The predicted octanol–water partition coefficient (Wildman–Crippen LogP) is 3.00. The van der Waals surface area contributed by atoms with E-state index in [-0.39, 0.29) is 18.4 Å². The van der Waals surface area contributed by atoms with Crippen LogP contribution in [0.5, 0.6) is 0 Å². The second kappa shape index (κ2) is 9.09. The van der Waals surface area contributed by atoms with E-state index in [2.05, 4.69) is 27.8 Å². The van der Waals surface area contributed by atoms with Crippen molar-refractivity contribution in [2.24, 2.45) is 5.92 Å². The van der Waals surface area contributed by atoms with Crippen LogP contribution in [0.3, 0.4) is 0 Å². The minimum atomic E-state index is -0.273. The first-order chi connectivity index (χ1) is 14.6. The summed E-state index contributed by atoms with van der Waals surface area (Å²) < 4.78 is 6.89. The normalized spacial score (nSPS) is 13.4.